The zero-order valence-electron chi connectivity index (χ0n) is 13.7. The quantitative estimate of drug-likeness (QED) is 0.714. The van der Waals surface area contributed by atoms with Gasteiger partial charge in [0, 0.05) is 53.4 Å². The lowest BCUT2D eigenvalue weighted by molar-refractivity contribution is 0.247. The minimum absolute atomic E-state index is 0.380. The molecular weight excluding hydrogens is 298 g/mol. The molecular formula is C19H23N5. The maximum atomic E-state index is 8.58. The van der Waals surface area contributed by atoms with E-state index >= 15 is 0 Å². The molecule has 0 amide bonds. The fraction of sp³-hybridized carbons (Fsp3) is 0.421. The lowest BCUT2D eigenvalue weighted by atomic mass is 9.80. The first kappa shape index (κ1) is 15.3. The van der Waals surface area contributed by atoms with Gasteiger partial charge in [-0.05, 0) is 55.7 Å². The summed E-state index contributed by atoms with van der Waals surface area (Å²) in [6.45, 7) is 0.767. The van der Waals surface area contributed by atoms with E-state index in [4.69, 9.17) is 11.1 Å². The second-order valence-electron chi connectivity index (χ2n) is 6.94. The largest absolute Gasteiger partial charge is 0.388 e. The summed E-state index contributed by atoms with van der Waals surface area (Å²) in [4.78, 5) is 8.83. The van der Waals surface area contributed by atoms with Crippen molar-refractivity contribution in [2.45, 2.75) is 31.7 Å². The van der Waals surface area contributed by atoms with Gasteiger partial charge >= 0.3 is 0 Å². The second-order valence-corrected chi connectivity index (χ2v) is 6.94. The normalized spacial score (nSPS) is 23.8. The molecule has 0 unspecified atom stereocenters. The zero-order valence-corrected chi connectivity index (χ0v) is 13.7. The number of fused-ring (bicyclic) bond motifs is 1. The first-order chi connectivity index (χ1) is 11.8. The van der Waals surface area contributed by atoms with Crippen molar-refractivity contribution >= 4 is 22.1 Å². The molecule has 0 saturated heterocycles. The molecule has 0 radical (unpaired) electrons. The van der Waals surface area contributed by atoms with Gasteiger partial charge in [0.15, 0.2) is 0 Å². The Morgan fingerprint density at radius 2 is 2.08 bits per heavy atom. The average molecular weight is 321 g/mol. The van der Waals surface area contributed by atoms with Crippen molar-refractivity contribution in [2.75, 3.05) is 6.54 Å². The maximum absolute atomic E-state index is 8.58. The van der Waals surface area contributed by atoms with Crippen LogP contribution >= 0.6 is 0 Å². The van der Waals surface area contributed by atoms with E-state index < -0.39 is 0 Å². The van der Waals surface area contributed by atoms with E-state index in [1.807, 2.05) is 30.7 Å². The summed E-state index contributed by atoms with van der Waals surface area (Å²) in [6.07, 6.45) is 11.9. The Hall–Kier alpha value is -2.27. The monoisotopic (exact) mass is 321 g/mol. The van der Waals surface area contributed by atoms with E-state index in [-0.39, 0.29) is 0 Å². The average Bonchev–Trinajstić information content (AvgIpc) is 3.41. The van der Waals surface area contributed by atoms with Crippen LogP contribution in [0.15, 0.2) is 36.9 Å². The molecule has 2 fully saturated rings. The molecule has 2 aromatic rings. The predicted octanol–water partition coefficient (Wildman–Crippen LogP) is 2.73. The van der Waals surface area contributed by atoms with Crippen LogP contribution in [0.1, 0.15) is 31.4 Å². The summed E-state index contributed by atoms with van der Waals surface area (Å²) in [5, 5.41) is 14.2. The number of nitrogens with one attached hydrogen (secondary N) is 2. The van der Waals surface area contributed by atoms with Gasteiger partial charge in [0.1, 0.15) is 0 Å². The molecule has 2 aliphatic rings. The van der Waals surface area contributed by atoms with Gasteiger partial charge in [-0.2, -0.15) is 0 Å². The highest BCUT2D eigenvalue weighted by Crippen LogP contribution is 2.36. The Morgan fingerprint density at radius 1 is 1.29 bits per heavy atom. The lowest BCUT2D eigenvalue weighted by Gasteiger charge is -2.34. The van der Waals surface area contributed by atoms with Gasteiger partial charge in [0.05, 0.1) is 5.69 Å². The van der Waals surface area contributed by atoms with Crippen LogP contribution in [-0.2, 0) is 0 Å². The molecule has 4 rings (SSSR count). The fourth-order valence-electron chi connectivity index (χ4n) is 3.36. The van der Waals surface area contributed by atoms with E-state index in [9.17, 15) is 0 Å². The zero-order chi connectivity index (χ0) is 16.5. The molecule has 5 heteroatoms. The third kappa shape index (κ3) is 2.91. The molecule has 0 spiro atoms. The van der Waals surface area contributed by atoms with Crippen molar-refractivity contribution in [1.82, 2.24) is 15.3 Å². The fourth-order valence-corrected chi connectivity index (χ4v) is 3.36. The van der Waals surface area contributed by atoms with Crippen LogP contribution in [0.2, 0.25) is 0 Å². The van der Waals surface area contributed by atoms with E-state index in [0.29, 0.717) is 23.6 Å². The molecule has 5 nitrogen and oxygen atoms in total. The summed E-state index contributed by atoms with van der Waals surface area (Å²) in [5.74, 6) is 1.02. The molecule has 124 valence electrons. The second kappa shape index (κ2) is 6.32. The van der Waals surface area contributed by atoms with E-state index in [1.165, 1.54) is 0 Å². The smallest absolute Gasteiger partial charge is 0.0828 e. The molecule has 2 saturated carbocycles. The molecule has 0 bridgehead atoms. The maximum Gasteiger partial charge on any atom is 0.0828 e. The molecule has 2 aliphatic carbocycles. The molecule has 24 heavy (non-hydrogen) atoms. The van der Waals surface area contributed by atoms with Crippen LogP contribution in [0.3, 0.4) is 0 Å². The van der Waals surface area contributed by atoms with Crippen molar-refractivity contribution in [1.29, 1.82) is 5.41 Å². The van der Waals surface area contributed by atoms with E-state index in [2.05, 4.69) is 15.3 Å². The van der Waals surface area contributed by atoms with Gasteiger partial charge < -0.3 is 16.5 Å². The number of rotatable bonds is 6. The highest BCUT2D eigenvalue weighted by molar-refractivity contribution is 6.25. The first-order valence-electron chi connectivity index (χ1n) is 8.70. The SMILES string of the molecule is N=C(/C(=C\NC1CC(CN)C1)c1nccc2ccncc12)C1CC1. The number of hydrogen-bond acceptors (Lipinski definition) is 5. The van der Waals surface area contributed by atoms with E-state index in [0.717, 1.165) is 54.3 Å². The van der Waals surface area contributed by atoms with Crippen LogP contribution in [0.25, 0.3) is 16.3 Å². The topological polar surface area (TPSA) is 87.7 Å². The Bertz CT molecular complexity index is 782. The minimum atomic E-state index is 0.380. The van der Waals surface area contributed by atoms with Crippen molar-refractivity contribution in [3.8, 4) is 0 Å². The summed E-state index contributed by atoms with van der Waals surface area (Å²) in [6, 6.07) is 4.45. The van der Waals surface area contributed by atoms with Gasteiger partial charge in [0.25, 0.3) is 0 Å². The highest BCUT2D eigenvalue weighted by atomic mass is 14.9. The number of aromatic nitrogens is 2. The third-order valence-corrected chi connectivity index (χ3v) is 5.13. The summed E-state index contributed by atoms with van der Waals surface area (Å²) in [7, 11) is 0. The Morgan fingerprint density at radius 3 is 2.83 bits per heavy atom. The molecule has 4 N–H and O–H groups in total. The Balaban J connectivity index is 1.66. The predicted molar refractivity (Wildman–Crippen MR) is 96.7 cm³/mol. The molecule has 0 aromatic carbocycles. The lowest BCUT2D eigenvalue weighted by Crippen LogP contribution is -2.41. The van der Waals surface area contributed by atoms with Crippen LogP contribution in [0.4, 0.5) is 0 Å². The van der Waals surface area contributed by atoms with E-state index in [1.54, 1.807) is 6.20 Å². The summed E-state index contributed by atoms with van der Waals surface area (Å²) in [5.41, 5.74) is 8.17. The van der Waals surface area contributed by atoms with Crippen LogP contribution in [-0.4, -0.2) is 28.3 Å². The van der Waals surface area contributed by atoms with Crippen molar-refractivity contribution in [2.24, 2.45) is 17.6 Å². The van der Waals surface area contributed by atoms with Crippen LogP contribution in [0, 0.1) is 17.2 Å². The van der Waals surface area contributed by atoms with Crippen molar-refractivity contribution in [3.05, 3.63) is 42.6 Å². The summed E-state index contributed by atoms with van der Waals surface area (Å²) < 4.78 is 0. The van der Waals surface area contributed by atoms with Crippen LogP contribution in [0.5, 0.6) is 0 Å². The summed E-state index contributed by atoms with van der Waals surface area (Å²) >= 11 is 0. The first-order valence-corrected chi connectivity index (χ1v) is 8.70. The van der Waals surface area contributed by atoms with Gasteiger partial charge in [-0.25, -0.2) is 0 Å². The van der Waals surface area contributed by atoms with Gasteiger partial charge in [-0.15, -0.1) is 0 Å². The Labute approximate surface area is 141 Å². The van der Waals surface area contributed by atoms with Crippen molar-refractivity contribution < 1.29 is 0 Å². The number of pyridine rings is 2. The number of hydrogen-bond donors (Lipinski definition) is 3. The standard InChI is InChI=1S/C19H23N5/c20-9-12-7-15(8-12)24-11-17(18(21)14-1-2-14)19-16-10-22-5-3-13(16)4-6-23-19/h3-6,10-12,14-15,21,24H,1-2,7-9,20H2/b17-11+,21-18?. The highest BCUT2D eigenvalue weighted by Gasteiger charge is 2.31. The van der Waals surface area contributed by atoms with Crippen molar-refractivity contribution in [3.63, 3.8) is 0 Å². The minimum Gasteiger partial charge on any atom is -0.388 e. The Kier molecular flexibility index (Phi) is 4.02. The van der Waals surface area contributed by atoms with Crippen LogP contribution < -0.4 is 11.1 Å². The number of allylic oxidation sites excluding steroid dienone is 1. The molecule has 0 atom stereocenters. The van der Waals surface area contributed by atoms with Gasteiger partial charge in [-0.1, -0.05) is 0 Å². The van der Waals surface area contributed by atoms with Gasteiger partial charge in [0.2, 0.25) is 0 Å². The van der Waals surface area contributed by atoms with Gasteiger partial charge in [-0.3, -0.25) is 9.97 Å². The number of nitrogens with zero attached hydrogens (tertiary/aromatic N) is 2. The molecule has 2 aromatic heterocycles. The molecule has 0 aliphatic heterocycles. The number of nitrogens with two attached hydrogens (primary N) is 1. The molecule has 2 heterocycles. The third-order valence-electron chi connectivity index (χ3n) is 5.13.